The lowest BCUT2D eigenvalue weighted by atomic mass is 10.2. The van der Waals surface area contributed by atoms with Crippen LogP contribution in [0.15, 0.2) is 46.9 Å². The van der Waals surface area contributed by atoms with E-state index in [1.807, 2.05) is 0 Å². The third kappa shape index (κ3) is 3.08. The summed E-state index contributed by atoms with van der Waals surface area (Å²) in [6.07, 6.45) is 0. The normalized spacial score (nSPS) is 10.4. The van der Waals surface area contributed by atoms with Gasteiger partial charge in [0.25, 0.3) is 0 Å². The van der Waals surface area contributed by atoms with E-state index in [1.54, 1.807) is 0 Å². The highest BCUT2D eigenvalue weighted by Gasteiger charge is 2.17. The standard InChI is InChI=1S/C14H13BrI/c1-10-3-4-11(2)14(9-10)16-13-7-5-12(15)6-8-13/h3-9H,1-2H3/q+1. The van der Waals surface area contributed by atoms with Crippen LogP contribution in [0.1, 0.15) is 11.1 Å². The van der Waals surface area contributed by atoms with Crippen LogP contribution in [0.3, 0.4) is 0 Å². The molecule has 2 aromatic rings. The molecule has 2 rings (SSSR count). The first-order chi connectivity index (χ1) is 7.65. The summed E-state index contributed by atoms with van der Waals surface area (Å²) in [6.45, 7) is 4.36. The lowest BCUT2D eigenvalue weighted by Crippen LogP contribution is -3.61. The van der Waals surface area contributed by atoms with Crippen LogP contribution in [0.4, 0.5) is 0 Å². The van der Waals surface area contributed by atoms with Crippen molar-refractivity contribution in [2.45, 2.75) is 13.8 Å². The average Bonchev–Trinajstić information content (AvgIpc) is 2.27. The summed E-state index contributed by atoms with van der Waals surface area (Å²) in [5.74, 6) is 0. The minimum atomic E-state index is -0.0434. The molecule has 0 aliphatic rings. The van der Waals surface area contributed by atoms with Crippen molar-refractivity contribution < 1.29 is 21.2 Å². The molecule has 0 atom stereocenters. The van der Waals surface area contributed by atoms with E-state index in [9.17, 15) is 0 Å². The predicted octanol–water partition coefficient (Wildman–Crippen LogP) is 1.19. The van der Waals surface area contributed by atoms with E-state index in [0.717, 1.165) is 4.47 Å². The van der Waals surface area contributed by atoms with Crippen LogP contribution in [-0.2, 0) is 0 Å². The van der Waals surface area contributed by atoms with Gasteiger partial charge < -0.3 is 0 Å². The number of benzene rings is 2. The van der Waals surface area contributed by atoms with Crippen molar-refractivity contribution in [1.29, 1.82) is 0 Å². The average molecular weight is 388 g/mol. The summed E-state index contributed by atoms with van der Waals surface area (Å²) >= 11 is 3.43. The monoisotopic (exact) mass is 387 g/mol. The first-order valence-corrected chi connectivity index (χ1v) is 8.08. The van der Waals surface area contributed by atoms with E-state index in [4.69, 9.17) is 0 Å². The molecule has 0 fully saturated rings. The van der Waals surface area contributed by atoms with Gasteiger partial charge in [-0.05, 0) is 49.7 Å². The number of hydrogen-bond donors (Lipinski definition) is 0. The first kappa shape index (κ1) is 12.1. The fraction of sp³-hybridized carbons (Fsp3) is 0.143. The molecule has 2 heteroatoms. The quantitative estimate of drug-likeness (QED) is 0.679. The zero-order chi connectivity index (χ0) is 11.5. The van der Waals surface area contributed by atoms with Crippen molar-refractivity contribution in [2.24, 2.45) is 0 Å². The maximum Gasteiger partial charge on any atom is 0.358 e. The molecule has 2 aromatic carbocycles. The third-order valence-corrected chi connectivity index (χ3v) is 5.96. The molecule has 0 nitrogen and oxygen atoms in total. The van der Waals surface area contributed by atoms with Crippen molar-refractivity contribution in [3.63, 3.8) is 0 Å². The van der Waals surface area contributed by atoms with E-state index in [2.05, 4.69) is 72.2 Å². The lowest BCUT2D eigenvalue weighted by molar-refractivity contribution is -0.598. The molecule has 0 saturated carbocycles. The van der Waals surface area contributed by atoms with Gasteiger partial charge in [-0.25, -0.2) is 0 Å². The van der Waals surface area contributed by atoms with Crippen LogP contribution in [0.5, 0.6) is 0 Å². The second-order valence-corrected chi connectivity index (χ2v) is 7.65. The van der Waals surface area contributed by atoms with Gasteiger partial charge in [0.15, 0.2) is 7.14 Å². The first-order valence-electron chi connectivity index (χ1n) is 5.13. The minimum absolute atomic E-state index is 0.0434. The van der Waals surface area contributed by atoms with Crippen LogP contribution in [0, 0.1) is 21.0 Å². The second-order valence-electron chi connectivity index (χ2n) is 3.78. The summed E-state index contributed by atoms with van der Waals surface area (Å²) in [4.78, 5) is 0. The smallest absolute Gasteiger partial charge is 0.0587 e. The van der Waals surface area contributed by atoms with E-state index in [0.29, 0.717) is 0 Å². The van der Waals surface area contributed by atoms with E-state index in [-0.39, 0.29) is 21.2 Å². The summed E-state index contributed by atoms with van der Waals surface area (Å²) in [6, 6.07) is 15.4. The molecular weight excluding hydrogens is 375 g/mol. The van der Waals surface area contributed by atoms with Crippen LogP contribution in [0.25, 0.3) is 0 Å². The molecule has 16 heavy (non-hydrogen) atoms. The molecule has 0 saturated heterocycles. The molecule has 0 amide bonds. The highest BCUT2D eigenvalue weighted by Crippen LogP contribution is 2.06. The number of rotatable bonds is 2. The molecule has 0 spiro atoms. The molecule has 0 unspecified atom stereocenters. The van der Waals surface area contributed by atoms with Gasteiger partial charge in [-0.3, -0.25) is 0 Å². The Hall–Kier alpha value is -0.350. The van der Waals surface area contributed by atoms with E-state index < -0.39 is 0 Å². The van der Waals surface area contributed by atoms with Crippen LogP contribution in [0.2, 0.25) is 0 Å². The summed E-state index contributed by atoms with van der Waals surface area (Å²) in [5, 5.41) is 0. The Balaban J connectivity index is 2.26. The Labute approximate surface area is 115 Å². The highest BCUT2D eigenvalue weighted by atomic mass is 127. The topological polar surface area (TPSA) is 0 Å². The molecule has 0 radical (unpaired) electrons. The number of halogens is 2. The molecule has 0 N–H and O–H groups in total. The Morgan fingerprint density at radius 1 is 0.938 bits per heavy atom. The Morgan fingerprint density at radius 3 is 2.31 bits per heavy atom. The Kier molecular flexibility index (Phi) is 4.03. The fourth-order valence-corrected chi connectivity index (χ4v) is 4.32. The van der Waals surface area contributed by atoms with Gasteiger partial charge in [-0.1, -0.05) is 28.1 Å². The maximum atomic E-state index is 3.47. The fourth-order valence-electron chi connectivity index (χ4n) is 1.41. The van der Waals surface area contributed by atoms with Gasteiger partial charge in [0.1, 0.15) is 0 Å². The second kappa shape index (κ2) is 5.32. The van der Waals surface area contributed by atoms with E-state index in [1.165, 1.54) is 18.3 Å². The molecule has 0 aromatic heterocycles. The number of aryl methyl sites for hydroxylation is 2. The van der Waals surface area contributed by atoms with E-state index >= 15 is 0 Å². The summed E-state index contributed by atoms with van der Waals surface area (Å²) < 4.78 is 4.15. The van der Waals surface area contributed by atoms with Crippen LogP contribution in [-0.4, -0.2) is 0 Å². The highest BCUT2D eigenvalue weighted by molar-refractivity contribution is 9.10. The Morgan fingerprint density at radius 2 is 1.62 bits per heavy atom. The molecule has 82 valence electrons. The molecular formula is C14H13BrI+. The zero-order valence-electron chi connectivity index (χ0n) is 9.30. The molecule has 0 aliphatic heterocycles. The van der Waals surface area contributed by atoms with Gasteiger partial charge >= 0.3 is 21.2 Å². The van der Waals surface area contributed by atoms with Gasteiger partial charge in [-0.2, -0.15) is 0 Å². The van der Waals surface area contributed by atoms with Crippen molar-refractivity contribution in [3.05, 3.63) is 65.2 Å². The van der Waals surface area contributed by atoms with Gasteiger partial charge in [0.05, 0.1) is 0 Å². The van der Waals surface area contributed by atoms with Gasteiger partial charge in [-0.15, -0.1) is 0 Å². The van der Waals surface area contributed by atoms with Gasteiger partial charge in [0, 0.05) is 10.0 Å². The number of hydrogen-bond acceptors (Lipinski definition) is 0. The van der Waals surface area contributed by atoms with Crippen molar-refractivity contribution in [3.8, 4) is 0 Å². The Bertz CT molecular complexity index is 489. The van der Waals surface area contributed by atoms with Crippen molar-refractivity contribution in [1.82, 2.24) is 0 Å². The maximum absolute atomic E-state index is 3.47. The van der Waals surface area contributed by atoms with Crippen molar-refractivity contribution >= 4 is 15.9 Å². The minimum Gasteiger partial charge on any atom is -0.0587 e. The predicted molar refractivity (Wildman–Crippen MR) is 67.5 cm³/mol. The SMILES string of the molecule is Cc1ccc(C)c([I+]c2ccc(Br)cc2)c1. The van der Waals surface area contributed by atoms with Crippen molar-refractivity contribution in [2.75, 3.05) is 0 Å². The van der Waals surface area contributed by atoms with Gasteiger partial charge in [0.2, 0.25) is 0 Å². The molecule has 0 bridgehead atoms. The lowest BCUT2D eigenvalue weighted by Gasteiger charge is -1.95. The van der Waals surface area contributed by atoms with Crippen LogP contribution < -0.4 is 21.2 Å². The molecule has 0 aliphatic carbocycles. The summed E-state index contributed by atoms with van der Waals surface area (Å²) in [7, 11) is 0. The zero-order valence-corrected chi connectivity index (χ0v) is 13.0. The molecule has 0 heterocycles. The largest absolute Gasteiger partial charge is 0.358 e. The van der Waals surface area contributed by atoms with Crippen LogP contribution >= 0.6 is 15.9 Å². The summed E-state index contributed by atoms with van der Waals surface area (Å²) in [5.41, 5.74) is 2.78. The third-order valence-electron chi connectivity index (χ3n) is 2.34.